The number of carbonyl (C=O) groups excluding carboxylic acids is 2. The van der Waals surface area contributed by atoms with Gasteiger partial charge >= 0.3 is 18.0 Å². The third kappa shape index (κ3) is 3.85. The normalized spacial score (nSPS) is 23.9. The van der Waals surface area contributed by atoms with Gasteiger partial charge in [0.15, 0.2) is 0 Å². The van der Waals surface area contributed by atoms with Gasteiger partial charge < -0.3 is 20.1 Å². The number of urea groups is 1. The highest BCUT2D eigenvalue weighted by Gasteiger charge is 2.36. The van der Waals surface area contributed by atoms with Gasteiger partial charge in [0.1, 0.15) is 12.1 Å². The van der Waals surface area contributed by atoms with Gasteiger partial charge in [0.25, 0.3) is 0 Å². The molecule has 0 aromatic carbocycles. The van der Waals surface area contributed by atoms with E-state index in [1.54, 1.807) is 0 Å². The van der Waals surface area contributed by atoms with E-state index < -0.39 is 30.1 Å². The maximum Gasteiger partial charge on any atom is 0.328 e. The first-order valence-electron chi connectivity index (χ1n) is 6.78. The Bertz CT molecular complexity index is 385. The maximum atomic E-state index is 12.1. The van der Waals surface area contributed by atoms with Gasteiger partial charge in [-0.1, -0.05) is 13.3 Å². The van der Waals surface area contributed by atoms with Crippen molar-refractivity contribution < 1.29 is 24.2 Å². The summed E-state index contributed by atoms with van der Waals surface area (Å²) in [6.07, 6.45) is 2.13. The molecule has 114 valence electrons. The largest absolute Gasteiger partial charge is 0.480 e. The predicted molar refractivity (Wildman–Crippen MR) is 71.2 cm³/mol. The summed E-state index contributed by atoms with van der Waals surface area (Å²) < 4.78 is 4.52. The van der Waals surface area contributed by atoms with Crippen LogP contribution in [0.4, 0.5) is 4.79 Å². The van der Waals surface area contributed by atoms with Crippen LogP contribution < -0.4 is 5.32 Å². The van der Waals surface area contributed by atoms with Crippen LogP contribution in [0.2, 0.25) is 0 Å². The molecule has 0 spiro atoms. The molecule has 1 fully saturated rings. The maximum absolute atomic E-state index is 12.1. The van der Waals surface area contributed by atoms with E-state index in [2.05, 4.69) is 10.1 Å². The predicted octanol–water partition coefficient (Wildman–Crippen LogP) is 0.833. The van der Waals surface area contributed by atoms with Crippen molar-refractivity contribution in [2.24, 2.45) is 5.92 Å². The SMILES string of the molecule is CCC1CCN(C(=O)NC(C)C(=O)OC)C(C(=O)O)C1. The average molecular weight is 286 g/mol. The molecule has 1 rings (SSSR count). The van der Waals surface area contributed by atoms with Crippen LogP contribution in [0.3, 0.4) is 0 Å². The number of hydrogen-bond acceptors (Lipinski definition) is 4. The van der Waals surface area contributed by atoms with Gasteiger partial charge in [0, 0.05) is 6.54 Å². The molecule has 0 aromatic rings. The fourth-order valence-corrected chi connectivity index (χ4v) is 2.39. The van der Waals surface area contributed by atoms with Crippen molar-refractivity contribution in [1.29, 1.82) is 0 Å². The molecule has 0 saturated carbocycles. The van der Waals surface area contributed by atoms with Crippen LogP contribution in [0.25, 0.3) is 0 Å². The minimum absolute atomic E-state index is 0.318. The monoisotopic (exact) mass is 286 g/mol. The second-order valence-electron chi connectivity index (χ2n) is 5.04. The van der Waals surface area contributed by atoms with Gasteiger partial charge in [0.05, 0.1) is 7.11 Å². The van der Waals surface area contributed by atoms with E-state index >= 15 is 0 Å². The van der Waals surface area contributed by atoms with Crippen molar-refractivity contribution >= 4 is 18.0 Å². The summed E-state index contributed by atoms with van der Waals surface area (Å²) in [5, 5.41) is 11.7. The Labute approximate surface area is 118 Å². The first kappa shape index (κ1) is 16.3. The molecule has 1 aliphatic rings. The third-order valence-electron chi connectivity index (χ3n) is 3.73. The quantitative estimate of drug-likeness (QED) is 0.746. The van der Waals surface area contributed by atoms with Crippen molar-refractivity contribution in [3.05, 3.63) is 0 Å². The van der Waals surface area contributed by atoms with E-state index in [1.165, 1.54) is 18.9 Å². The van der Waals surface area contributed by atoms with Crippen LogP contribution in [0.5, 0.6) is 0 Å². The summed E-state index contributed by atoms with van der Waals surface area (Å²) in [6, 6.07) is -2.17. The van der Waals surface area contributed by atoms with E-state index in [9.17, 15) is 19.5 Å². The molecular formula is C13H22N2O5. The van der Waals surface area contributed by atoms with Crippen molar-refractivity contribution in [3.8, 4) is 0 Å². The van der Waals surface area contributed by atoms with Crippen molar-refractivity contribution in [3.63, 3.8) is 0 Å². The van der Waals surface area contributed by atoms with Crippen molar-refractivity contribution in [1.82, 2.24) is 10.2 Å². The van der Waals surface area contributed by atoms with Crippen LogP contribution in [0, 0.1) is 5.92 Å². The minimum Gasteiger partial charge on any atom is -0.480 e. The first-order chi connectivity index (χ1) is 9.40. The van der Waals surface area contributed by atoms with Crippen LogP contribution in [0.15, 0.2) is 0 Å². The number of likely N-dealkylation sites (tertiary alicyclic amines) is 1. The lowest BCUT2D eigenvalue weighted by Gasteiger charge is -2.37. The molecule has 7 nitrogen and oxygen atoms in total. The van der Waals surface area contributed by atoms with Crippen molar-refractivity contribution in [2.45, 2.75) is 45.2 Å². The Balaban J connectivity index is 2.70. The summed E-state index contributed by atoms with van der Waals surface area (Å²) in [5.41, 5.74) is 0. The molecule has 3 atom stereocenters. The van der Waals surface area contributed by atoms with Gasteiger partial charge in [-0.25, -0.2) is 14.4 Å². The standard InChI is InChI=1S/C13H22N2O5/c1-4-9-5-6-15(10(7-9)11(16)17)13(19)14-8(2)12(18)20-3/h8-10H,4-7H2,1-3H3,(H,14,19)(H,16,17). The second kappa shape index (κ2) is 7.12. The molecule has 0 aliphatic carbocycles. The Morgan fingerprint density at radius 2 is 2.10 bits per heavy atom. The summed E-state index contributed by atoms with van der Waals surface area (Å²) in [4.78, 5) is 35.9. The number of esters is 1. The Morgan fingerprint density at radius 3 is 2.60 bits per heavy atom. The number of aliphatic carboxylic acids is 1. The van der Waals surface area contributed by atoms with Gasteiger partial charge in [-0.3, -0.25) is 0 Å². The lowest BCUT2D eigenvalue weighted by molar-refractivity contribution is -0.144. The van der Waals surface area contributed by atoms with Gasteiger partial charge in [0.2, 0.25) is 0 Å². The molecule has 7 heteroatoms. The number of nitrogens with zero attached hydrogens (tertiary/aromatic N) is 1. The topological polar surface area (TPSA) is 95.9 Å². The highest BCUT2D eigenvalue weighted by atomic mass is 16.5. The molecule has 20 heavy (non-hydrogen) atoms. The number of methoxy groups -OCH3 is 1. The summed E-state index contributed by atoms with van der Waals surface area (Å²) >= 11 is 0. The molecule has 1 aliphatic heterocycles. The molecule has 2 N–H and O–H groups in total. The van der Waals surface area contributed by atoms with Gasteiger partial charge in [-0.15, -0.1) is 0 Å². The second-order valence-corrected chi connectivity index (χ2v) is 5.04. The number of amides is 2. The molecule has 2 amide bonds. The van der Waals surface area contributed by atoms with Crippen LogP contribution in [-0.2, 0) is 14.3 Å². The van der Waals surface area contributed by atoms with Gasteiger partial charge in [-0.05, 0) is 25.7 Å². The minimum atomic E-state index is -1.01. The van der Waals surface area contributed by atoms with E-state index in [1.807, 2.05) is 6.92 Å². The zero-order valence-electron chi connectivity index (χ0n) is 12.1. The number of hydrogen-bond donors (Lipinski definition) is 2. The lowest BCUT2D eigenvalue weighted by Crippen LogP contribution is -2.55. The molecule has 0 aromatic heterocycles. The molecule has 0 bridgehead atoms. The number of nitrogens with one attached hydrogen (secondary N) is 1. The average Bonchev–Trinajstić information content (AvgIpc) is 2.45. The van der Waals surface area contributed by atoms with Crippen LogP contribution in [0.1, 0.15) is 33.1 Å². The zero-order valence-corrected chi connectivity index (χ0v) is 12.1. The highest BCUT2D eigenvalue weighted by molar-refractivity contribution is 5.86. The highest BCUT2D eigenvalue weighted by Crippen LogP contribution is 2.25. The van der Waals surface area contributed by atoms with Crippen molar-refractivity contribution in [2.75, 3.05) is 13.7 Å². The fourth-order valence-electron chi connectivity index (χ4n) is 2.39. The smallest absolute Gasteiger partial charge is 0.328 e. The number of carbonyl (C=O) groups is 3. The molecular weight excluding hydrogens is 264 g/mol. The molecule has 1 heterocycles. The van der Waals surface area contributed by atoms with E-state index in [-0.39, 0.29) is 0 Å². The van der Waals surface area contributed by atoms with E-state index in [4.69, 9.17) is 0 Å². The first-order valence-corrected chi connectivity index (χ1v) is 6.78. The number of piperidine rings is 1. The third-order valence-corrected chi connectivity index (χ3v) is 3.73. The van der Waals surface area contributed by atoms with E-state index in [0.29, 0.717) is 18.9 Å². The summed E-state index contributed by atoms with van der Waals surface area (Å²) in [6.45, 7) is 3.89. The van der Waals surface area contributed by atoms with Crippen LogP contribution >= 0.6 is 0 Å². The summed E-state index contributed by atoms with van der Waals surface area (Å²) in [5.74, 6) is -1.25. The number of carboxylic acid groups (broad SMARTS) is 1. The molecule has 0 radical (unpaired) electrons. The molecule has 3 unspecified atom stereocenters. The molecule has 1 saturated heterocycles. The lowest BCUT2D eigenvalue weighted by atomic mass is 9.89. The fraction of sp³-hybridized carbons (Fsp3) is 0.769. The number of carboxylic acids is 1. The number of ether oxygens (including phenoxy) is 1. The van der Waals surface area contributed by atoms with Gasteiger partial charge in [-0.2, -0.15) is 0 Å². The Hall–Kier alpha value is -1.79. The zero-order chi connectivity index (χ0) is 15.3. The van der Waals surface area contributed by atoms with Crippen LogP contribution in [-0.4, -0.2) is 53.7 Å². The summed E-state index contributed by atoms with van der Waals surface area (Å²) in [7, 11) is 1.23. The Kier molecular flexibility index (Phi) is 5.79. The van der Waals surface area contributed by atoms with E-state index in [0.717, 1.165) is 12.8 Å². The number of rotatable bonds is 4. The Morgan fingerprint density at radius 1 is 1.45 bits per heavy atom.